The second-order valence-electron chi connectivity index (χ2n) is 9.78. The van der Waals surface area contributed by atoms with E-state index >= 15 is 0 Å². The third-order valence-electron chi connectivity index (χ3n) is 7.13. The van der Waals surface area contributed by atoms with Crippen LogP contribution in [-0.2, 0) is 11.2 Å². The van der Waals surface area contributed by atoms with Gasteiger partial charge in [-0.15, -0.1) is 0 Å². The van der Waals surface area contributed by atoms with Crippen molar-refractivity contribution in [3.05, 3.63) is 106 Å². The highest BCUT2D eigenvalue weighted by Crippen LogP contribution is 2.28. The second-order valence-corrected chi connectivity index (χ2v) is 9.78. The fourth-order valence-electron chi connectivity index (χ4n) is 4.89. The van der Waals surface area contributed by atoms with Gasteiger partial charge >= 0.3 is 0 Å². The summed E-state index contributed by atoms with van der Waals surface area (Å²) >= 11 is 0. The van der Waals surface area contributed by atoms with E-state index < -0.39 is 0 Å². The molecule has 3 aromatic carbocycles. The van der Waals surface area contributed by atoms with Crippen LogP contribution in [0.15, 0.2) is 77.6 Å². The molecule has 0 saturated carbocycles. The van der Waals surface area contributed by atoms with Crippen molar-refractivity contribution in [3.8, 4) is 5.69 Å². The number of rotatable bonds is 10. The van der Waals surface area contributed by atoms with Crippen molar-refractivity contribution in [2.75, 3.05) is 6.54 Å². The highest BCUT2D eigenvalue weighted by Gasteiger charge is 2.29. The number of unbranched alkanes of at least 4 members (excludes halogenated alkanes) is 2. The van der Waals surface area contributed by atoms with Crippen molar-refractivity contribution in [3.63, 3.8) is 0 Å². The molecule has 0 radical (unpaired) electrons. The Balaban J connectivity index is 1.88. The molecule has 0 bridgehead atoms. The maximum absolute atomic E-state index is 13.9. The van der Waals surface area contributed by atoms with E-state index in [1.807, 2.05) is 77.7 Å². The smallest absolute Gasteiger partial charge is 0.266 e. The van der Waals surface area contributed by atoms with Crippen LogP contribution in [0.4, 0.5) is 0 Å². The summed E-state index contributed by atoms with van der Waals surface area (Å²) in [5, 5.41) is 0.576. The van der Waals surface area contributed by atoms with Crippen LogP contribution in [0.25, 0.3) is 16.6 Å². The highest BCUT2D eigenvalue weighted by molar-refractivity contribution is 5.80. The maximum Gasteiger partial charge on any atom is 0.266 e. The summed E-state index contributed by atoms with van der Waals surface area (Å²) < 4.78 is 1.73. The van der Waals surface area contributed by atoms with Gasteiger partial charge in [0.15, 0.2) is 0 Å². The van der Waals surface area contributed by atoms with Gasteiger partial charge < -0.3 is 4.90 Å². The molecular formula is C32H37N3O2. The van der Waals surface area contributed by atoms with Crippen LogP contribution in [0.3, 0.4) is 0 Å². The Labute approximate surface area is 219 Å². The minimum atomic E-state index is -0.327. The average molecular weight is 496 g/mol. The molecule has 1 heterocycles. The van der Waals surface area contributed by atoms with Gasteiger partial charge in [0.2, 0.25) is 5.91 Å². The minimum Gasteiger partial charge on any atom is -0.332 e. The third-order valence-corrected chi connectivity index (χ3v) is 7.13. The number of hydrogen-bond donors (Lipinski definition) is 0. The summed E-state index contributed by atoms with van der Waals surface area (Å²) in [5.41, 5.74) is 4.59. The average Bonchev–Trinajstić information content (AvgIpc) is 2.90. The lowest BCUT2D eigenvalue weighted by Crippen LogP contribution is -2.40. The van der Waals surface area contributed by atoms with Crippen molar-refractivity contribution < 1.29 is 4.79 Å². The molecule has 1 aromatic heterocycles. The summed E-state index contributed by atoms with van der Waals surface area (Å²) in [4.78, 5) is 34.7. The molecule has 0 N–H and O–H groups in total. The fraction of sp³-hybridized carbons (Fsp3) is 0.344. The maximum atomic E-state index is 13.9. The van der Waals surface area contributed by atoms with Crippen LogP contribution in [-0.4, -0.2) is 26.9 Å². The van der Waals surface area contributed by atoms with Crippen molar-refractivity contribution in [2.45, 2.75) is 65.8 Å². The molecule has 0 aliphatic heterocycles. The van der Waals surface area contributed by atoms with E-state index in [4.69, 9.17) is 4.98 Å². The van der Waals surface area contributed by atoms with Crippen LogP contribution in [0.2, 0.25) is 0 Å². The summed E-state index contributed by atoms with van der Waals surface area (Å²) in [7, 11) is 0. The topological polar surface area (TPSA) is 55.2 Å². The number of benzene rings is 3. The summed E-state index contributed by atoms with van der Waals surface area (Å²) in [6, 6.07) is 23.1. The van der Waals surface area contributed by atoms with Crippen molar-refractivity contribution >= 4 is 16.8 Å². The Bertz CT molecular complexity index is 1430. The van der Waals surface area contributed by atoms with Crippen molar-refractivity contribution in [1.82, 2.24) is 14.5 Å². The Morgan fingerprint density at radius 1 is 0.919 bits per heavy atom. The molecule has 37 heavy (non-hydrogen) atoms. The number of hydrogen-bond acceptors (Lipinski definition) is 3. The number of carbonyl (C=O) groups is 1. The van der Waals surface area contributed by atoms with Gasteiger partial charge in [0.05, 0.1) is 29.1 Å². The van der Waals surface area contributed by atoms with Gasteiger partial charge in [-0.3, -0.25) is 14.2 Å². The molecule has 1 amide bonds. The summed E-state index contributed by atoms with van der Waals surface area (Å²) in [6.45, 7) is 8.98. The van der Waals surface area contributed by atoms with Gasteiger partial charge in [-0.05, 0) is 67.6 Å². The number of carbonyl (C=O) groups excluding carboxylic acids is 1. The first kappa shape index (κ1) is 26.3. The zero-order chi connectivity index (χ0) is 26.4. The molecule has 0 saturated heterocycles. The molecule has 192 valence electrons. The van der Waals surface area contributed by atoms with Crippen molar-refractivity contribution in [1.29, 1.82) is 0 Å². The summed E-state index contributed by atoms with van der Waals surface area (Å²) in [6.07, 6.45) is 4.00. The first-order chi connectivity index (χ1) is 17.9. The van der Waals surface area contributed by atoms with Gasteiger partial charge in [0.25, 0.3) is 5.56 Å². The Morgan fingerprint density at radius 2 is 1.65 bits per heavy atom. The van der Waals surface area contributed by atoms with E-state index in [9.17, 15) is 9.59 Å². The highest BCUT2D eigenvalue weighted by atomic mass is 16.2. The number of amides is 1. The lowest BCUT2D eigenvalue weighted by atomic mass is 10.1. The first-order valence-corrected chi connectivity index (χ1v) is 13.4. The molecule has 0 aliphatic rings. The minimum absolute atomic E-state index is 0.0585. The fourth-order valence-corrected chi connectivity index (χ4v) is 4.89. The van der Waals surface area contributed by atoms with Crippen LogP contribution >= 0.6 is 0 Å². The van der Waals surface area contributed by atoms with Gasteiger partial charge in [0, 0.05) is 6.54 Å². The normalized spacial score (nSPS) is 12.0. The van der Waals surface area contributed by atoms with E-state index in [1.54, 1.807) is 4.57 Å². The third kappa shape index (κ3) is 5.82. The van der Waals surface area contributed by atoms with E-state index in [-0.39, 0.29) is 17.5 Å². The SMILES string of the molecule is CCCCCN(C(=O)Cc1ccccc1)C(CC)c1nc2ccccc2c(=O)n1-c1ccc(C)c(C)c1. The largest absolute Gasteiger partial charge is 0.332 e. The summed E-state index contributed by atoms with van der Waals surface area (Å²) in [5.74, 6) is 0.676. The van der Waals surface area contributed by atoms with Crippen LogP contribution < -0.4 is 5.56 Å². The molecule has 0 aliphatic carbocycles. The zero-order valence-corrected chi connectivity index (χ0v) is 22.4. The Kier molecular flexibility index (Phi) is 8.54. The number of nitrogens with zero attached hydrogens (tertiary/aromatic N) is 3. The lowest BCUT2D eigenvalue weighted by Gasteiger charge is -2.33. The first-order valence-electron chi connectivity index (χ1n) is 13.4. The van der Waals surface area contributed by atoms with Crippen LogP contribution in [0.5, 0.6) is 0 Å². The van der Waals surface area contributed by atoms with E-state index in [0.717, 1.165) is 36.1 Å². The standard InChI is InChI=1S/C32H37N3O2/c1-5-7-13-20-34(30(36)22-25-14-9-8-10-15-25)29(6-2)31-33-28-17-12-11-16-27(28)32(37)35(31)26-19-18-23(3)24(4)21-26/h8-12,14-19,21,29H,5-7,13,20,22H2,1-4H3. The number of fused-ring (bicyclic) bond motifs is 1. The Hall–Kier alpha value is -3.73. The van der Waals surface area contributed by atoms with Crippen molar-refractivity contribution in [2.24, 2.45) is 0 Å². The molecule has 0 fully saturated rings. The predicted octanol–water partition coefficient (Wildman–Crippen LogP) is 6.72. The van der Waals surface area contributed by atoms with Gasteiger partial charge in [0.1, 0.15) is 5.82 Å². The molecule has 0 spiro atoms. The quantitative estimate of drug-likeness (QED) is 0.230. The van der Waals surface area contributed by atoms with Crippen LogP contribution in [0.1, 0.15) is 68.1 Å². The van der Waals surface area contributed by atoms with Crippen LogP contribution in [0, 0.1) is 13.8 Å². The zero-order valence-electron chi connectivity index (χ0n) is 22.4. The molecule has 5 nitrogen and oxygen atoms in total. The van der Waals surface area contributed by atoms with E-state index in [0.29, 0.717) is 36.1 Å². The Morgan fingerprint density at radius 3 is 2.35 bits per heavy atom. The predicted molar refractivity (Wildman–Crippen MR) is 151 cm³/mol. The van der Waals surface area contributed by atoms with Gasteiger partial charge in [-0.25, -0.2) is 4.98 Å². The molecule has 1 unspecified atom stereocenters. The number of aromatic nitrogens is 2. The molecule has 4 aromatic rings. The number of para-hydroxylation sites is 1. The molecule has 1 atom stereocenters. The molecule has 5 heteroatoms. The monoisotopic (exact) mass is 495 g/mol. The van der Waals surface area contributed by atoms with Gasteiger partial charge in [-0.2, -0.15) is 0 Å². The van der Waals surface area contributed by atoms with E-state index in [2.05, 4.69) is 27.7 Å². The second kappa shape index (κ2) is 12.0. The van der Waals surface area contributed by atoms with Gasteiger partial charge in [-0.1, -0.05) is 75.2 Å². The lowest BCUT2D eigenvalue weighted by molar-refractivity contribution is -0.133. The molecule has 4 rings (SSSR count). The van der Waals surface area contributed by atoms with E-state index in [1.165, 1.54) is 5.56 Å². The number of aryl methyl sites for hydroxylation is 2. The molecular weight excluding hydrogens is 458 g/mol.